The molecule has 0 spiro atoms. The molecule has 3 aromatic rings. The van der Waals surface area contributed by atoms with Gasteiger partial charge in [-0.05, 0) is 60.7 Å². The Morgan fingerprint density at radius 2 is 1.54 bits per heavy atom. The minimum Gasteiger partial charge on any atom is -0.457 e. The van der Waals surface area contributed by atoms with Crippen LogP contribution < -0.4 is 20.9 Å². The highest BCUT2D eigenvalue weighted by Gasteiger charge is 2.04. The number of hydrogen-bond donors (Lipinski definition) is 3. The van der Waals surface area contributed by atoms with Gasteiger partial charge in [-0.2, -0.15) is 0 Å². The molecule has 3 rings (SSSR count). The van der Waals surface area contributed by atoms with E-state index in [-0.39, 0.29) is 10.8 Å². The van der Waals surface area contributed by atoms with Gasteiger partial charge in [-0.3, -0.25) is 10.9 Å². The number of ether oxygens (including phenoxy) is 1. The average Bonchev–Trinajstić information content (AvgIpc) is 2.63. The highest BCUT2D eigenvalue weighted by Crippen LogP contribution is 2.22. The molecule has 0 saturated carbocycles. The van der Waals surface area contributed by atoms with E-state index in [0.29, 0.717) is 5.75 Å². The molecule has 0 aromatic heterocycles. The van der Waals surface area contributed by atoms with Crippen molar-refractivity contribution >= 4 is 28.7 Å². The highest BCUT2D eigenvalue weighted by atomic mass is 32.1. The summed E-state index contributed by atoms with van der Waals surface area (Å²) in [6.45, 7) is 0. The van der Waals surface area contributed by atoms with Gasteiger partial charge >= 0.3 is 0 Å². The fourth-order valence-electron chi connectivity index (χ4n) is 2.11. The Balaban J connectivity index is 1.52. The topological polar surface area (TPSA) is 45.3 Å². The van der Waals surface area contributed by atoms with Gasteiger partial charge in [0.05, 0.1) is 5.69 Å². The molecule has 0 unspecified atom stereocenters. The van der Waals surface area contributed by atoms with Gasteiger partial charge < -0.3 is 10.1 Å². The van der Waals surface area contributed by atoms with Gasteiger partial charge in [0, 0.05) is 11.8 Å². The maximum Gasteiger partial charge on any atom is 0.189 e. The SMILES string of the molecule is Fc1ccc(NNC(=S)Nc2ccc(Oc3ccccc3)cc2)c(F)c1. The van der Waals surface area contributed by atoms with Gasteiger partial charge in [0.1, 0.15) is 17.3 Å². The molecule has 0 amide bonds. The summed E-state index contributed by atoms with van der Waals surface area (Å²) in [5.41, 5.74) is 6.03. The van der Waals surface area contributed by atoms with Crippen molar-refractivity contribution in [2.45, 2.75) is 0 Å². The van der Waals surface area contributed by atoms with E-state index in [1.165, 1.54) is 6.07 Å². The second kappa shape index (κ2) is 8.26. The molecule has 0 atom stereocenters. The van der Waals surface area contributed by atoms with Crippen LogP contribution in [-0.4, -0.2) is 5.11 Å². The lowest BCUT2D eigenvalue weighted by Gasteiger charge is -2.13. The minimum atomic E-state index is -0.720. The van der Waals surface area contributed by atoms with E-state index in [0.717, 1.165) is 23.6 Å². The monoisotopic (exact) mass is 371 g/mol. The van der Waals surface area contributed by atoms with Crippen LogP contribution in [0.1, 0.15) is 0 Å². The van der Waals surface area contributed by atoms with Gasteiger partial charge in [0.25, 0.3) is 0 Å². The predicted octanol–water partition coefficient (Wildman–Crippen LogP) is 5.07. The van der Waals surface area contributed by atoms with Crippen molar-refractivity contribution in [3.63, 3.8) is 0 Å². The van der Waals surface area contributed by atoms with E-state index < -0.39 is 11.6 Å². The number of thiocarbonyl (C=S) groups is 1. The summed E-state index contributed by atoms with van der Waals surface area (Å²) in [6, 6.07) is 19.8. The molecule has 0 fully saturated rings. The lowest BCUT2D eigenvalue weighted by molar-refractivity contribution is 0.483. The largest absolute Gasteiger partial charge is 0.457 e. The standard InChI is InChI=1S/C19H15F2N3OS/c20-13-6-11-18(17(21)12-13)23-24-19(26)22-14-7-9-16(10-8-14)25-15-4-2-1-3-5-15/h1-12,23H,(H2,22,24,26). The molecular formula is C19H15F2N3OS. The number of anilines is 2. The molecule has 0 radical (unpaired) electrons. The van der Waals surface area contributed by atoms with E-state index in [9.17, 15) is 8.78 Å². The van der Waals surface area contributed by atoms with E-state index in [2.05, 4.69) is 16.2 Å². The Morgan fingerprint density at radius 3 is 2.23 bits per heavy atom. The summed E-state index contributed by atoms with van der Waals surface area (Å²) in [5, 5.41) is 3.17. The highest BCUT2D eigenvalue weighted by molar-refractivity contribution is 7.80. The number of benzene rings is 3. The second-order valence-corrected chi connectivity index (χ2v) is 5.68. The van der Waals surface area contributed by atoms with E-state index in [1.807, 2.05) is 30.3 Å². The Kier molecular flexibility index (Phi) is 5.60. The molecule has 3 N–H and O–H groups in total. The maximum atomic E-state index is 13.5. The van der Waals surface area contributed by atoms with Gasteiger partial charge in [0.15, 0.2) is 10.9 Å². The van der Waals surface area contributed by atoms with Crippen molar-refractivity contribution in [2.24, 2.45) is 0 Å². The number of rotatable bonds is 5. The van der Waals surface area contributed by atoms with E-state index in [4.69, 9.17) is 17.0 Å². The Bertz CT molecular complexity index is 889. The molecule has 26 heavy (non-hydrogen) atoms. The number of halogens is 2. The fraction of sp³-hybridized carbons (Fsp3) is 0. The zero-order chi connectivity index (χ0) is 18.4. The second-order valence-electron chi connectivity index (χ2n) is 5.27. The third-order valence-electron chi connectivity index (χ3n) is 3.33. The number of hydrogen-bond acceptors (Lipinski definition) is 3. The van der Waals surface area contributed by atoms with E-state index >= 15 is 0 Å². The van der Waals surface area contributed by atoms with Crippen LogP contribution >= 0.6 is 12.2 Å². The van der Waals surface area contributed by atoms with Crippen LogP contribution in [0.5, 0.6) is 11.5 Å². The first-order valence-corrected chi connectivity index (χ1v) is 8.12. The van der Waals surface area contributed by atoms with Crippen molar-refractivity contribution in [1.29, 1.82) is 0 Å². The average molecular weight is 371 g/mol. The molecule has 0 bridgehead atoms. The van der Waals surface area contributed by atoms with Crippen molar-refractivity contribution in [1.82, 2.24) is 5.43 Å². The molecule has 3 aromatic carbocycles. The summed E-state index contributed by atoms with van der Waals surface area (Å²) in [6.07, 6.45) is 0. The van der Waals surface area contributed by atoms with E-state index in [1.54, 1.807) is 24.3 Å². The van der Waals surface area contributed by atoms with Crippen molar-refractivity contribution < 1.29 is 13.5 Å². The van der Waals surface area contributed by atoms with Crippen LogP contribution in [0, 0.1) is 11.6 Å². The molecule has 0 aliphatic carbocycles. The number of para-hydroxylation sites is 1. The van der Waals surface area contributed by atoms with Gasteiger partial charge in [0.2, 0.25) is 0 Å². The summed E-state index contributed by atoms with van der Waals surface area (Å²) in [7, 11) is 0. The van der Waals surface area contributed by atoms with Gasteiger partial charge in [-0.15, -0.1) is 0 Å². The van der Waals surface area contributed by atoms with Gasteiger partial charge in [-0.25, -0.2) is 8.78 Å². The van der Waals surface area contributed by atoms with Crippen LogP contribution in [0.4, 0.5) is 20.2 Å². The van der Waals surface area contributed by atoms with Crippen LogP contribution in [0.2, 0.25) is 0 Å². The smallest absolute Gasteiger partial charge is 0.189 e. The molecule has 0 heterocycles. The summed E-state index contributed by atoms with van der Waals surface area (Å²) < 4.78 is 32.1. The van der Waals surface area contributed by atoms with Crippen LogP contribution in [-0.2, 0) is 0 Å². The third-order valence-corrected chi connectivity index (χ3v) is 3.54. The summed E-state index contributed by atoms with van der Waals surface area (Å²) in [4.78, 5) is 0. The Hall–Kier alpha value is -3.19. The first kappa shape index (κ1) is 17.6. The molecule has 132 valence electrons. The van der Waals surface area contributed by atoms with Crippen molar-refractivity contribution in [2.75, 3.05) is 10.7 Å². The van der Waals surface area contributed by atoms with Crippen LogP contribution in [0.25, 0.3) is 0 Å². The fourth-order valence-corrected chi connectivity index (χ4v) is 2.28. The van der Waals surface area contributed by atoms with Crippen LogP contribution in [0.15, 0.2) is 72.8 Å². The Morgan fingerprint density at radius 1 is 0.846 bits per heavy atom. The molecule has 4 nitrogen and oxygen atoms in total. The maximum absolute atomic E-state index is 13.5. The lowest BCUT2D eigenvalue weighted by Crippen LogP contribution is -2.33. The van der Waals surface area contributed by atoms with Gasteiger partial charge in [-0.1, -0.05) is 18.2 Å². The molecule has 7 heteroatoms. The van der Waals surface area contributed by atoms with Crippen molar-refractivity contribution in [3.05, 3.63) is 84.4 Å². The zero-order valence-corrected chi connectivity index (χ0v) is 14.3. The normalized spacial score (nSPS) is 10.1. The molecule has 0 aliphatic heterocycles. The minimum absolute atomic E-state index is 0.0853. The van der Waals surface area contributed by atoms with Crippen molar-refractivity contribution in [3.8, 4) is 11.5 Å². The van der Waals surface area contributed by atoms with Crippen LogP contribution in [0.3, 0.4) is 0 Å². The molecule has 0 saturated heterocycles. The first-order chi connectivity index (χ1) is 12.6. The zero-order valence-electron chi connectivity index (χ0n) is 13.5. The summed E-state index contributed by atoms with van der Waals surface area (Å²) in [5.74, 6) is 0.0670. The lowest BCUT2D eigenvalue weighted by atomic mass is 10.3. The first-order valence-electron chi connectivity index (χ1n) is 7.71. The Labute approximate surface area is 154 Å². The predicted molar refractivity (Wildman–Crippen MR) is 102 cm³/mol. The summed E-state index contributed by atoms with van der Waals surface area (Å²) >= 11 is 5.13. The molecule has 0 aliphatic rings. The quantitative estimate of drug-likeness (QED) is 0.432. The third kappa shape index (κ3) is 4.90. The molecular weight excluding hydrogens is 356 g/mol. The number of hydrazine groups is 1. The number of nitrogens with one attached hydrogen (secondary N) is 3.